The molecule has 0 fully saturated rings. The van der Waals surface area contributed by atoms with E-state index in [-0.39, 0.29) is 18.1 Å². The number of H-pyrrole nitrogens is 1. The maximum Gasteiger partial charge on any atom is 0.387 e. The van der Waals surface area contributed by atoms with E-state index in [9.17, 15) is 13.6 Å². The summed E-state index contributed by atoms with van der Waals surface area (Å²) in [6.07, 6.45) is 0.0752. The Hall–Kier alpha value is -3.42. The lowest BCUT2D eigenvalue weighted by atomic mass is 10.1. The number of nitrogens with one attached hydrogen (secondary N) is 2. The Morgan fingerprint density at radius 1 is 1.19 bits per heavy atom. The fraction of sp³-hybridized carbons (Fsp3) is 0.158. The highest BCUT2D eigenvalue weighted by molar-refractivity contribution is 5.92. The molecule has 2 aromatic carbocycles. The normalized spacial score (nSPS) is 10.7. The first kappa shape index (κ1) is 18.4. The van der Waals surface area contributed by atoms with Gasteiger partial charge in [-0.2, -0.15) is 13.9 Å². The van der Waals surface area contributed by atoms with Crippen LogP contribution in [0, 0.1) is 0 Å². The molecule has 140 valence electrons. The summed E-state index contributed by atoms with van der Waals surface area (Å²) in [5.41, 5.74) is 2.19. The van der Waals surface area contributed by atoms with Gasteiger partial charge in [0.2, 0.25) is 5.91 Å². The topological polar surface area (TPSA) is 76.2 Å². The molecule has 3 aromatic rings. The minimum absolute atomic E-state index is 0.0444. The fourth-order valence-corrected chi connectivity index (χ4v) is 2.55. The van der Waals surface area contributed by atoms with E-state index < -0.39 is 6.61 Å². The Kier molecular flexibility index (Phi) is 5.65. The number of hydrogen-bond donors (Lipinski definition) is 2. The number of anilines is 1. The molecule has 0 saturated heterocycles. The molecule has 0 unspecified atom stereocenters. The van der Waals surface area contributed by atoms with Crippen molar-refractivity contribution in [2.45, 2.75) is 13.0 Å². The van der Waals surface area contributed by atoms with E-state index in [2.05, 4.69) is 20.3 Å². The van der Waals surface area contributed by atoms with Crippen LogP contribution in [-0.4, -0.2) is 29.8 Å². The van der Waals surface area contributed by atoms with Crippen LogP contribution in [0.1, 0.15) is 5.56 Å². The molecule has 2 N–H and O–H groups in total. The van der Waals surface area contributed by atoms with Crippen molar-refractivity contribution in [2.75, 3.05) is 12.4 Å². The van der Waals surface area contributed by atoms with Crippen LogP contribution >= 0.6 is 0 Å². The molecular formula is C19H17F2N3O3. The third-order valence-corrected chi connectivity index (χ3v) is 3.76. The number of hydrogen-bond acceptors (Lipinski definition) is 4. The lowest BCUT2D eigenvalue weighted by Gasteiger charge is -2.06. The van der Waals surface area contributed by atoms with E-state index in [1.165, 1.54) is 12.1 Å². The zero-order chi connectivity index (χ0) is 19.2. The maximum absolute atomic E-state index is 12.2. The third kappa shape index (κ3) is 4.81. The van der Waals surface area contributed by atoms with Gasteiger partial charge in [0.25, 0.3) is 0 Å². The fourth-order valence-electron chi connectivity index (χ4n) is 2.55. The Bertz CT molecular complexity index is 911. The van der Waals surface area contributed by atoms with Gasteiger partial charge in [0.05, 0.1) is 19.2 Å². The van der Waals surface area contributed by atoms with E-state index in [0.29, 0.717) is 22.8 Å². The van der Waals surface area contributed by atoms with Crippen molar-refractivity contribution < 1.29 is 23.0 Å². The smallest absolute Gasteiger partial charge is 0.387 e. The molecule has 1 amide bonds. The molecule has 0 bridgehead atoms. The van der Waals surface area contributed by atoms with Crippen LogP contribution in [0.2, 0.25) is 0 Å². The van der Waals surface area contributed by atoms with Crippen molar-refractivity contribution in [1.29, 1.82) is 0 Å². The lowest BCUT2D eigenvalue weighted by Crippen LogP contribution is -2.14. The average Bonchev–Trinajstić information content (AvgIpc) is 3.11. The van der Waals surface area contributed by atoms with Crippen LogP contribution in [0.3, 0.4) is 0 Å². The summed E-state index contributed by atoms with van der Waals surface area (Å²) in [7, 11) is 1.58. The molecule has 1 heterocycles. The number of amides is 1. The maximum atomic E-state index is 12.2. The molecule has 8 heteroatoms. The molecule has 0 spiro atoms. The van der Waals surface area contributed by atoms with E-state index in [1.54, 1.807) is 25.3 Å². The predicted molar refractivity (Wildman–Crippen MR) is 96.0 cm³/mol. The van der Waals surface area contributed by atoms with Crippen molar-refractivity contribution in [3.8, 4) is 22.8 Å². The number of benzene rings is 2. The second-order valence-corrected chi connectivity index (χ2v) is 5.61. The molecule has 3 rings (SSSR count). The summed E-state index contributed by atoms with van der Waals surface area (Å²) < 4.78 is 33.9. The number of nitrogens with zero attached hydrogens (tertiary/aromatic N) is 1. The number of ether oxygens (including phenoxy) is 2. The van der Waals surface area contributed by atoms with Crippen LogP contribution < -0.4 is 14.8 Å². The van der Waals surface area contributed by atoms with Crippen molar-refractivity contribution in [3.63, 3.8) is 0 Å². The standard InChI is InChI=1S/C19H17F2N3O3/c1-26-16-5-3-2-4-14(16)15-11-17(24-23-15)22-18(25)10-12-6-8-13(9-7-12)27-19(20)21/h2-9,11,19H,10H2,1H3,(H2,22,23,24,25). The molecule has 0 atom stereocenters. The molecule has 6 nitrogen and oxygen atoms in total. The van der Waals surface area contributed by atoms with Gasteiger partial charge in [0.1, 0.15) is 11.5 Å². The number of halogens is 2. The monoisotopic (exact) mass is 373 g/mol. The van der Waals surface area contributed by atoms with Crippen molar-refractivity contribution in [3.05, 3.63) is 60.2 Å². The van der Waals surface area contributed by atoms with Gasteiger partial charge in [-0.1, -0.05) is 24.3 Å². The van der Waals surface area contributed by atoms with Crippen molar-refractivity contribution in [2.24, 2.45) is 0 Å². The van der Waals surface area contributed by atoms with Crippen LogP contribution in [0.25, 0.3) is 11.3 Å². The third-order valence-electron chi connectivity index (χ3n) is 3.76. The molecular weight excluding hydrogens is 356 g/mol. The number of aromatic nitrogens is 2. The number of carbonyl (C=O) groups excluding carboxylic acids is 1. The predicted octanol–water partition coefficient (Wildman–Crippen LogP) is 3.87. The molecule has 27 heavy (non-hydrogen) atoms. The Balaban J connectivity index is 1.62. The Labute approximate surface area is 154 Å². The first-order valence-electron chi connectivity index (χ1n) is 8.07. The molecule has 0 aliphatic carbocycles. The van der Waals surface area contributed by atoms with E-state index in [0.717, 1.165) is 5.56 Å². The first-order valence-corrected chi connectivity index (χ1v) is 8.07. The van der Waals surface area contributed by atoms with Gasteiger partial charge in [-0.05, 0) is 29.8 Å². The summed E-state index contributed by atoms with van der Waals surface area (Å²) in [5, 5.41) is 9.63. The van der Waals surface area contributed by atoms with E-state index in [1.807, 2.05) is 24.3 Å². The Morgan fingerprint density at radius 3 is 2.63 bits per heavy atom. The second-order valence-electron chi connectivity index (χ2n) is 5.61. The summed E-state index contributed by atoms with van der Waals surface area (Å²) in [6.45, 7) is -2.88. The highest BCUT2D eigenvalue weighted by atomic mass is 19.3. The lowest BCUT2D eigenvalue weighted by molar-refractivity contribution is -0.115. The van der Waals surface area contributed by atoms with Gasteiger partial charge in [0, 0.05) is 11.6 Å². The minimum Gasteiger partial charge on any atom is -0.496 e. The highest BCUT2D eigenvalue weighted by Crippen LogP contribution is 2.29. The zero-order valence-corrected chi connectivity index (χ0v) is 14.4. The largest absolute Gasteiger partial charge is 0.496 e. The number of para-hydroxylation sites is 1. The van der Waals surface area contributed by atoms with Crippen LogP contribution in [0.5, 0.6) is 11.5 Å². The van der Waals surface area contributed by atoms with Crippen LogP contribution in [-0.2, 0) is 11.2 Å². The van der Waals surface area contributed by atoms with Gasteiger partial charge in [-0.15, -0.1) is 0 Å². The molecule has 0 radical (unpaired) electrons. The quantitative estimate of drug-likeness (QED) is 0.659. The SMILES string of the molecule is COc1ccccc1-c1cc(NC(=O)Cc2ccc(OC(F)F)cc2)n[nH]1. The summed E-state index contributed by atoms with van der Waals surface area (Å²) in [6, 6.07) is 15.0. The van der Waals surface area contributed by atoms with Gasteiger partial charge < -0.3 is 14.8 Å². The second kappa shape index (κ2) is 8.31. The van der Waals surface area contributed by atoms with Crippen molar-refractivity contribution >= 4 is 11.7 Å². The number of rotatable bonds is 7. The minimum atomic E-state index is -2.88. The number of carbonyl (C=O) groups is 1. The summed E-state index contributed by atoms with van der Waals surface area (Å²) >= 11 is 0. The summed E-state index contributed by atoms with van der Waals surface area (Å²) in [5.74, 6) is 0.821. The Morgan fingerprint density at radius 2 is 1.93 bits per heavy atom. The molecule has 0 aliphatic heterocycles. The zero-order valence-electron chi connectivity index (χ0n) is 14.4. The summed E-state index contributed by atoms with van der Waals surface area (Å²) in [4.78, 5) is 12.2. The molecule has 0 aliphatic rings. The average molecular weight is 373 g/mol. The highest BCUT2D eigenvalue weighted by Gasteiger charge is 2.11. The number of methoxy groups -OCH3 is 1. The molecule has 1 aromatic heterocycles. The van der Waals surface area contributed by atoms with Gasteiger partial charge in [-0.25, -0.2) is 0 Å². The number of alkyl halides is 2. The first-order chi connectivity index (χ1) is 13.0. The number of aromatic amines is 1. The van der Waals surface area contributed by atoms with Crippen molar-refractivity contribution in [1.82, 2.24) is 10.2 Å². The van der Waals surface area contributed by atoms with E-state index in [4.69, 9.17) is 4.74 Å². The van der Waals surface area contributed by atoms with Crippen LogP contribution in [0.4, 0.5) is 14.6 Å². The van der Waals surface area contributed by atoms with Gasteiger partial charge in [0.15, 0.2) is 5.82 Å². The van der Waals surface area contributed by atoms with Crippen LogP contribution in [0.15, 0.2) is 54.6 Å². The van der Waals surface area contributed by atoms with Gasteiger partial charge in [-0.3, -0.25) is 9.89 Å². The van der Waals surface area contributed by atoms with Gasteiger partial charge >= 0.3 is 6.61 Å². The van der Waals surface area contributed by atoms with E-state index >= 15 is 0 Å². The molecule has 0 saturated carbocycles.